The van der Waals surface area contributed by atoms with E-state index in [2.05, 4.69) is 4.98 Å². The number of hydrogen-bond donors (Lipinski definition) is 1. The number of aromatic nitrogens is 1. The molecule has 1 aromatic carbocycles. The van der Waals surface area contributed by atoms with Gasteiger partial charge in [0.05, 0.1) is 12.1 Å². The number of nitrogens with zero attached hydrogens (tertiary/aromatic N) is 1. The highest BCUT2D eigenvalue weighted by molar-refractivity contribution is 7.10. The van der Waals surface area contributed by atoms with Gasteiger partial charge in [-0.15, -0.1) is 11.3 Å². The molecule has 2 heterocycles. The van der Waals surface area contributed by atoms with Crippen LogP contribution in [0.1, 0.15) is 5.01 Å². The zero-order valence-corrected chi connectivity index (χ0v) is 10.1. The molecule has 0 atom stereocenters. The van der Waals surface area contributed by atoms with Gasteiger partial charge >= 0.3 is 5.97 Å². The number of hydrogen-bond acceptors (Lipinski definition) is 5. The molecule has 0 fully saturated rings. The molecule has 0 spiro atoms. The van der Waals surface area contributed by atoms with Crippen LogP contribution in [0, 0.1) is 0 Å². The first kappa shape index (κ1) is 11.0. The van der Waals surface area contributed by atoms with Crippen molar-refractivity contribution in [3.05, 3.63) is 28.6 Å². The maximum absolute atomic E-state index is 10.6. The summed E-state index contributed by atoms with van der Waals surface area (Å²) in [6, 6.07) is 5.56. The number of thiazole rings is 1. The van der Waals surface area contributed by atoms with Crippen molar-refractivity contribution < 1.29 is 19.4 Å². The first-order valence-electron chi connectivity index (χ1n) is 5.28. The Morgan fingerprint density at radius 3 is 3.06 bits per heavy atom. The van der Waals surface area contributed by atoms with Crippen molar-refractivity contribution in [3.63, 3.8) is 0 Å². The number of benzene rings is 1. The third-order valence-electron chi connectivity index (χ3n) is 2.52. The van der Waals surface area contributed by atoms with Crippen LogP contribution in [0.2, 0.25) is 0 Å². The number of aliphatic carboxylic acids is 1. The van der Waals surface area contributed by atoms with Crippen LogP contribution in [0.5, 0.6) is 11.5 Å². The molecule has 1 aromatic heterocycles. The quantitative estimate of drug-likeness (QED) is 0.919. The Hall–Kier alpha value is -2.08. The lowest BCUT2D eigenvalue weighted by Gasteiger charge is -1.99. The Morgan fingerprint density at radius 1 is 1.39 bits per heavy atom. The van der Waals surface area contributed by atoms with Crippen molar-refractivity contribution in [2.24, 2.45) is 0 Å². The van der Waals surface area contributed by atoms with Crippen LogP contribution in [0.3, 0.4) is 0 Å². The summed E-state index contributed by atoms with van der Waals surface area (Å²) in [6.07, 6.45) is -0.0464. The number of carboxylic acid groups (broad SMARTS) is 1. The lowest BCUT2D eigenvalue weighted by Crippen LogP contribution is -1.99. The molecule has 1 N–H and O–H groups in total. The summed E-state index contributed by atoms with van der Waals surface area (Å²) in [4.78, 5) is 14.9. The molecule has 0 radical (unpaired) electrons. The van der Waals surface area contributed by atoms with E-state index in [1.165, 1.54) is 11.3 Å². The molecule has 92 valence electrons. The fourth-order valence-corrected chi connectivity index (χ4v) is 2.50. The monoisotopic (exact) mass is 263 g/mol. The van der Waals surface area contributed by atoms with Gasteiger partial charge in [0.1, 0.15) is 5.01 Å². The molecular weight excluding hydrogens is 254 g/mol. The number of fused-ring (bicyclic) bond motifs is 1. The van der Waals surface area contributed by atoms with E-state index in [-0.39, 0.29) is 13.2 Å². The van der Waals surface area contributed by atoms with Gasteiger partial charge in [-0.3, -0.25) is 4.79 Å². The van der Waals surface area contributed by atoms with Crippen LogP contribution in [-0.4, -0.2) is 22.9 Å². The summed E-state index contributed by atoms with van der Waals surface area (Å²) in [5.41, 5.74) is 1.65. The minimum atomic E-state index is -0.874. The third kappa shape index (κ3) is 2.02. The predicted octanol–water partition coefficient (Wildman–Crippen LogP) is 2.17. The molecule has 1 aliphatic heterocycles. The highest BCUT2D eigenvalue weighted by atomic mass is 32.1. The van der Waals surface area contributed by atoms with Crippen LogP contribution >= 0.6 is 11.3 Å². The average Bonchev–Trinajstić information content (AvgIpc) is 2.95. The third-order valence-corrected chi connectivity index (χ3v) is 3.37. The van der Waals surface area contributed by atoms with Crippen LogP contribution in [0.4, 0.5) is 0 Å². The number of ether oxygens (including phenoxy) is 2. The minimum absolute atomic E-state index is 0.0464. The molecule has 18 heavy (non-hydrogen) atoms. The predicted molar refractivity (Wildman–Crippen MR) is 65.0 cm³/mol. The fourth-order valence-electron chi connectivity index (χ4n) is 1.71. The molecule has 0 bridgehead atoms. The summed E-state index contributed by atoms with van der Waals surface area (Å²) in [5.74, 6) is 0.543. The van der Waals surface area contributed by atoms with E-state index in [0.29, 0.717) is 10.8 Å². The molecule has 0 saturated heterocycles. The molecule has 3 rings (SSSR count). The highest BCUT2D eigenvalue weighted by Crippen LogP contribution is 2.36. The molecule has 6 heteroatoms. The average molecular weight is 263 g/mol. The van der Waals surface area contributed by atoms with Crippen molar-refractivity contribution in [2.75, 3.05) is 6.79 Å². The second kappa shape index (κ2) is 4.30. The van der Waals surface area contributed by atoms with Gasteiger partial charge in [-0.2, -0.15) is 0 Å². The van der Waals surface area contributed by atoms with Gasteiger partial charge in [0.15, 0.2) is 11.5 Å². The Bertz CT molecular complexity index is 608. The second-order valence-electron chi connectivity index (χ2n) is 3.77. The maximum Gasteiger partial charge on any atom is 0.310 e. The zero-order valence-electron chi connectivity index (χ0n) is 9.25. The van der Waals surface area contributed by atoms with Crippen molar-refractivity contribution >= 4 is 17.3 Å². The Balaban J connectivity index is 1.90. The van der Waals surface area contributed by atoms with Crippen LogP contribution in [0.25, 0.3) is 11.3 Å². The Kier molecular flexibility index (Phi) is 2.64. The number of carboxylic acids is 1. The summed E-state index contributed by atoms with van der Waals surface area (Å²) >= 11 is 1.34. The van der Waals surface area contributed by atoms with Crippen LogP contribution in [-0.2, 0) is 11.2 Å². The smallest absolute Gasteiger partial charge is 0.310 e. The second-order valence-corrected chi connectivity index (χ2v) is 4.71. The maximum atomic E-state index is 10.6. The fraction of sp³-hybridized carbons (Fsp3) is 0.167. The van der Waals surface area contributed by atoms with Crippen molar-refractivity contribution in [3.8, 4) is 22.8 Å². The van der Waals surface area contributed by atoms with Crippen molar-refractivity contribution in [2.45, 2.75) is 6.42 Å². The number of rotatable bonds is 3. The van der Waals surface area contributed by atoms with Gasteiger partial charge in [-0.05, 0) is 18.2 Å². The molecule has 0 aliphatic carbocycles. The molecule has 0 amide bonds. The van der Waals surface area contributed by atoms with Crippen LogP contribution < -0.4 is 9.47 Å². The molecule has 0 saturated carbocycles. The van der Waals surface area contributed by atoms with Crippen molar-refractivity contribution in [1.82, 2.24) is 4.98 Å². The number of carbonyl (C=O) groups is 1. The minimum Gasteiger partial charge on any atom is -0.481 e. The standard InChI is InChI=1S/C12H9NO4S/c14-12(15)4-11-13-8(5-18-11)7-1-2-9-10(3-7)17-6-16-9/h1-3,5H,4,6H2,(H,14,15). The molecule has 0 unspecified atom stereocenters. The van der Waals surface area contributed by atoms with E-state index in [0.717, 1.165) is 17.0 Å². The van der Waals surface area contributed by atoms with E-state index in [1.807, 2.05) is 23.6 Å². The molecular formula is C12H9NO4S. The molecule has 2 aromatic rings. The van der Waals surface area contributed by atoms with Crippen LogP contribution in [0.15, 0.2) is 23.6 Å². The first-order valence-corrected chi connectivity index (χ1v) is 6.16. The van der Waals surface area contributed by atoms with E-state index >= 15 is 0 Å². The van der Waals surface area contributed by atoms with Crippen molar-refractivity contribution in [1.29, 1.82) is 0 Å². The normalized spacial score (nSPS) is 12.7. The molecule has 5 nitrogen and oxygen atoms in total. The molecule has 1 aliphatic rings. The summed E-state index contributed by atoms with van der Waals surface area (Å²) < 4.78 is 10.5. The summed E-state index contributed by atoms with van der Waals surface area (Å²) in [5, 5.41) is 11.1. The first-order chi connectivity index (χ1) is 8.72. The SMILES string of the molecule is O=C(O)Cc1nc(-c2ccc3c(c2)OCO3)cs1. The van der Waals surface area contributed by atoms with E-state index in [1.54, 1.807) is 0 Å². The summed E-state index contributed by atoms with van der Waals surface area (Å²) in [6.45, 7) is 0.236. The Labute approximate surface area is 107 Å². The van der Waals surface area contributed by atoms with Gasteiger partial charge < -0.3 is 14.6 Å². The summed E-state index contributed by atoms with van der Waals surface area (Å²) in [7, 11) is 0. The zero-order chi connectivity index (χ0) is 12.5. The van der Waals surface area contributed by atoms with E-state index in [9.17, 15) is 4.79 Å². The highest BCUT2D eigenvalue weighted by Gasteiger charge is 2.15. The Morgan fingerprint density at radius 2 is 2.22 bits per heavy atom. The lowest BCUT2D eigenvalue weighted by atomic mass is 10.1. The van der Waals surface area contributed by atoms with E-state index in [4.69, 9.17) is 14.6 Å². The van der Waals surface area contributed by atoms with Gasteiger partial charge in [0, 0.05) is 10.9 Å². The van der Waals surface area contributed by atoms with Gasteiger partial charge in [0.25, 0.3) is 0 Å². The van der Waals surface area contributed by atoms with E-state index < -0.39 is 5.97 Å². The lowest BCUT2D eigenvalue weighted by molar-refractivity contribution is -0.136. The van der Waals surface area contributed by atoms with Gasteiger partial charge in [-0.1, -0.05) is 0 Å². The van der Waals surface area contributed by atoms with Gasteiger partial charge in [-0.25, -0.2) is 4.98 Å². The largest absolute Gasteiger partial charge is 0.481 e. The topological polar surface area (TPSA) is 68.7 Å². The van der Waals surface area contributed by atoms with Gasteiger partial charge in [0.2, 0.25) is 6.79 Å².